The summed E-state index contributed by atoms with van der Waals surface area (Å²) in [4.78, 5) is 6.37. The molecule has 1 aliphatic heterocycles. The second-order valence-electron chi connectivity index (χ2n) is 5.53. The van der Waals surface area contributed by atoms with Crippen molar-refractivity contribution >= 4 is 0 Å². The Morgan fingerprint density at radius 2 is 0.944 bits per heavy atom. The zero-order chi connectivity index (χ0) is 13.7. The van der Waals surface area contributed by atoms with E-state index in [1.165, 1.54) is 0 Å². The highest BCUT2D eigenvalue weighted by Crippen LogP contribution is 2.09. The number of rotatable bonds is 6. The van der Waals surface area contributed by atoms with Crippen LogP contribution in [0.2, 0.25) is 0 Å². The van der Waals surface area contributed by atoms with Crippen LogP contribution in [0.3, 0.4) is 0 Å². The number of aliphatic hydroxyl groups excluding tert-OH is 3. The number of β-amino-alcohol motifs (C(OH)–C–C–N with tert-alkyl or cyclic N) is 3. The van der Waals surface area contributed by atoms with Crippen LogP contribution >= 0.6 is 0 Å². The molecular formula is C12H28N3O3+. The number of hydrogen-bond acceptors (Lipinski definition) is 6. The van der Waals surface area contributed by atoms with E-state index in [0.29, 0.717) is 19.6 Å². The molecule has 0 aromatic rings. The van der Waals surface area contributed by atoms with E-state index in [4.69, 9.17) is 0 Å². The van der Waals surface area contributed by atoms with Gasteiger partial charge in [-0.1, -0.05) is 0 Å². The summed E-state index contributed by atoms with van der Waals surface area (Å²) in [7, 11) is 0. The van der Waals surface area contributed by atoms with Gasteiger partial charge in [-0.2, -0.15) is 0 Å². The first-order chi connectivity index (χ1) is 8.36. The minimum atomic E-state index is -0.370. The van der Waals surface area contributed by atoms with Gasteiger partial charge in [-0.15, -0.1) is 0 Å². The third-order valence-corrected chi connectivity index (χ3v) is 2.77. The first-order valence-corrected chi connectivity index (χ1v) is 6.58. The molecule has 6 nitrogen and oxygen atoms in total. The predicted octanol–water partition coefficient (Wildman–Crippen LogP) is -0.967. The topological polar surface area (TPSA) is 70.4 Å². The van der Waals surface area contributed by atoms with Crippen LogP contribution in [0.1, 0.15) is 22.2 Å². The molecule has 1 fully saturated rings. The number of hydrogen-bond donors (Lipinski definition) is 3. The Morgan fingerprint density at radius 1 is 0.722 bits per heavy atom. The number of nitrogens with zero attached hydrogens (tertiary/aromatic N) is 3. The highest BCUT2D eigenvalue weighted by atomic mass is 16.3. The molecule has 0 aromatic carbocycles. The lowest BCUT2D eigenvalue weighted by Crippen LogP contribution is -2.58. The fraction of sp³-hybridized carbons (Fsp3) is 1.00. The summed E-state index contributed by atoms with van der Waals surface area (Å²) in [5.41, 5.74) is 0. The zero-order valence-electron chi connectivity index (χ0n) is 12.7. The molecular weight excluding hydrogens is 234 g/mol. The van der Waals surface area contributed by atoms with E-state index in [9.17, 15) is 15.3 Å². The lowest BCUT2D eigenvalue weighted by Gasteiger charge is -2.43. The molecule has 3 N–H and O–H groups in total. The Balaban J connectivity index is 0.00000324. The van der Waals surface area contributed by atoms with Crippen LogP contribution in [0.5, 0.6) is 0 Å². The number of aliphatic hydroxyl groups is 3. The van der Waals surface area contributed by atoms with Gasteiger partial charge in [0.05, 0.1) is 38.3 Å². The third kappa shape index (κ3) is 6.08. The largest absolute Gasteiger partial charge is 1.00 e. The zero-order valence-corrected chi connectivity index (χ0v) is 11.7. The quantitative estimate of drug-likeness (QED) is 0.572. The van der Waals surface area contributed by atoms with Gasteiger partial charge in [0.25, 0.3) is 0 Å². The molecule has 3 atom stereocenters. The Bertz CT molecular complexity index is 198. The molecule has 1 saturated heterocycles. The Labute approximate surface area is 111 Å². The third-order valence-electron chi connectivity index (χ3n) is 2.77. The van der Waals surface area contributed by atoms with Gasteiger partial charge in [-0.25, -0.2) is 0 Å². The summed E-state index contributed by atoms with van der Waals surface area (Å²) in [6.07, 6.45) is -1.11. The van der Waals surface area contributed by atoms with E-state index in [0.717, 1.165) is 20.0 Å². The SMILES string of the molecule is CC(O)CN1CN(CC(C)O)CN(CC(C)O)C1.[H+]. The fourth-order valence-corrected chi connectivity index (χ4v) is 2.45. The summed E-state index contributed by atoms with van der Waals surface area (Å²) in [6.45, 7) is 9.35. The minimum absolute atomic E-state index is 0. The molecule has 3 unspecified atom stereocenters. The molecule has 0 aromatic heterocycles. The molecule has 0 amide bonds. The standard InChI is InChI=1S/C12H27N3O3/c1-10(16)4-13-7-14(5-11(2)17)9-15(8-13)6-12(3)18/h10-12,16-18H,4-9H2,1-3H3/p+1. The van der Waals surface area contributed by atoms with Gasteiger partial charge in [-0.3, -0.25) is 14.7 Å². The molecule has 1 heterocycles. The van der Waals surface area contributed by atoms with Crippen molar-refractivity contribution in [3.8, 4) is 0 Å². The van der Waals surface area contributed by atoms with Crippen LogP contribution < -0.4 is 0 Å². The maximum absolute atomic E-state index is 9.46. The van der Waals surface area contributed by atoms with Gasteiger partial charge in [0.1, 0.15) is 0 Å². The van der Waals surface area contributed by atoms with Gasteiger partial charge in [0.15, 0.2) is 0 Å². The van der Waals surface area contributed by atoms with Crippen molar-refractivity contribution in [3.05, 3.63) is 0 Å². The van der Waals surface area contributed by atoms with Crippen LogP contribution in [0.25, 0.3) is 0 Å². The normalized spacial score (nSPS) is 25.0. The molecule has 0 aliphatic carbocycles. The fourth-order valence-electron chi connectivity index (χ4n) is 2.45. The van der Waals surface area contributed by atoms with Crippen LogP contribution in [-0.4, -0.2) is 88.0 Å². The molecule has 6 heteroatoms. The van der Waals surface area contributed by atoms with Crippen molar-refractivity contribution in [2.24, 2.45) is 0 Å². The van der Waals surface area contributed by atoms with E-state index < -0.39 is 0 Å². The van der Waals surface area contributed by atoms with E-state index in [1.54, 1.807) is 20.8 Å². The van der Waals surface area contributed by atoms with Crippen molar-refractivity contribution in [3.63, 3.8) is 0 Å². The van der Waals surface area contributed by atoms with Crippen molar-refractivity contribution in [2.75, 3.05) is 39.6 Å². The smallest absolute Gasteiger partial charge is 0.392 e. The summed E-state index contributed by atoms with van der Waals surface area (Å²) in [5.74, 6) is 0. The second kappa shape index (κ2) is 7.37. The highest BCUT2D eigenvalue weighted by Gasteiger charge is 2.25. The van der Waals surface area contributed by atoms with Crippen LogP contribution in [0.4, 0.5) is 0 Å². The van der Waals surface area contributed by atoms with Gasteiger partial charge in [0.2, 0.25) is 0 Å². The summed E-state index contributed by atoms with van der Waals surface area (Å²) in [5, 5.41) is 28.4. The Kier molecular flexibility index (Phi) is 6.48. The van der Waals surface area contributed by atoms with E-state index in [1.807, 2.05) is 0 Å². The van der Waals surface area contributed by atoms with Crippen molar-refractivity contribution < 1.29 is 16.7 Å². The monoisotopic (exact) mass is 262 g/mol. The molecule has 0 saturated carbocycles. The predicted molar refractivity (Wildman–Crippen MR) is 70.9 cm³/mol. The molecule has 18 heavy (non-hydrogen) atoms. The Hall–Kier alpha value is -0.240. The van der Waals surface area contributed by atoms with Gasteiger partial charge in [-0.05, 0) is 20.8 Å². The van der Waals surface area contributed by atoms with Crippen LogP contribution in [0.15, 0.2) is 0 Å². The van der Waals surface area contributed by atoms with Gasteiger partial charge >= 0.3 is 1.43 Å². The van der Waals surface area contributed by atoms with Crippen molar-refractivity contribution in [1.29, 1.82) is 0 Å². The first-order valence-electron chi connectivity index (χ1n) is 6.58. The lowest BCUT2D eigenvalue weighted by atomic mass is 10.3. The average molecular weight is 262 g/mol. The summed E-state index contributed by atoms with van der Waals surface area (Å²) < 4.78 is 0. The van der Waals surface area contributed by atoms with Crippen molar-refractivity contribution in [2.45, 2.75) is 39.1 Å². The van der Waals surface area contributed by atoms with Gasteiger partial charge < -0.3 is 15.3 Å². The van der Waals surface area contributed by atoms with Gasteiger partial charge in [0, 0.05) is 19.6 Å². The van der Waals surface area contributed by atoms with E-state index in [2.05, 4.69) is 14.7 Å². The van der Waals surface area contributed by atoms with Crippen LogP contribution in [0, 0.1) is 0 Å². The highest BCUT2D eigenvalue weighted by molar-refractivity contribution is 4.73. The molecule has 0 bridgehead atoms. The first kappa shape index (κ1) is 15.8. The maximum atomic E-state index is 9.46. The summed E-state index contributed by atoms with van der Waals surface area (Å²) in [6, 6.07) is 0. The molecule has 1 aliphatic rings. The molecule has 1 rings (SSSR count). The van der Waals surface area contributed by atoms with E-state index in [-0.39, 0.29) is 19.7 Å². The summed E-state index contributed by atoms with van der Waals surface area (Å²) >= 11 is 0. The Morgan fingerprint density at radius 3 is 1.11 bits per heavy atom. The molecule has 108 valence electrons. The minimum Gasteiger partial charge on any atom is -0.392 e. The average Bonchev–Trinajstić information content (AvgIpc) is 2.12. The van der Waals surface area contributed by atoms with Crippen LogP contribution in [-0.2, 0) is 0 Å². The maximum Gasteiger partial charge on any atom is 1.00 e. The van der Waals surface area contributed by atoms with Crippen molar-refractivity contribution in [1.82, 2.24) is 14.7 Å². The second-order valence-corrected chi connectivity index (χ2v) is 5.53. The van der Waals surface area contributed by atoms with E-state index >= 15 is 0 Å². The lowest BCUT2D eigenvalue weighted by molar-refractivity contribution is -0.0665. The molecule has 0 radical (unpaired) electrons. The molecule has 0 spiro atoms.